The van der Waals surface area contributed by atoms with Crippen molar-refractivity contribution >= 4 is 35.4 Å². The molecule has 212 valence electrons. The number of aromatic nitrogens is 1. The lowest BCUT2D eigenvalue weighted by Crippen LogP contribution is -2.46. The van der Waals surface area contributed by atoms with Gasteiger partial charge in [0, 0.05) is 0 Å². The van der Waals surface area contributed by atoms with E-state index in [0.717, 1.165) is 23.3 Å². The highest BCUT2D eigenvalue weighted by molar-refractivity contribution is 7.99. The van der Waals surface area contributed by atoms with Crippen molar-refractivity contribution in [2.75, 3.05) is 11.5 Å². The van der Waals surface area contributed by atoms with E-state index in [-0.39, 0.29) is 17.9 Å². The lowest BCUT2D eigenvalue weighted by molar-refractivity contribution is -0.268. The van der Waals surface area contributed by atoms with Crippen LogP contribution < -0.4 is 5.32 Å². The van der Waals surface area contributed by atoms with E-state index in [2.05, 4.69) is 9.69 Å². The van der Waals surface area contributed by atoms with Gasteiger partial charge in [-0.3, -0.25) is 0 Å². The third kappa shape index (κ3) is 9.77. The third-order valence-electron chi connectivity index (χ3n) is 5.00. The Morgan fingerprint density at radius 3 is 2.18 bits per heavy atom. The minimum atomic E-state index is -4.94. The summed E-state index contributed by atoms with van der Waals surface area (Å²) in [7, 11) is 0. The largest absolute Gasteiger partial charge is 0.458 e. The fourth-order valence-corrected chi connectivity index (χ4v) is 5.07. The minimum absolute atomic E-state index is 0.0678. The summed E-state index contributed by atoms with van der Waals surface area (Å²) in [6.07, 6.45) is -6.27. The Hall–Kier alpha value is -2.31. The van der Waals surface area contributed by atoms with Crippen molar-refractivity contribution in [3.05, 3.63) is 42.1 Å². The van der Waals surface area contributed by atoms with Crippen molar-refractivity contribution in [2.24, 2.45) is 0 Å². The number of thioether (sulfide) groups is 1. The molecule has 2 rings (SSSR count). The highest BCUT2D eigenvalue weighted by atomic mass is 32.2. The summed E-state index contributed by atoms with van der Waals surface area (Å²) in [4.78, 5) is 25.4. The second kappa shape index (κ2) is 12.7. The molecular weight excluding hydrogens is 541 g/mol. The van der Waals surface area contributed by atoms with Gasteiger partial charge in [0.05, 0.1) is 10.6 Å². The molecule has 2 aromatic rings. The van der Waals surface area contributed by atoms with Gasteiger partial charge in [0.1, 0.15) is 17.2 Å². The fraction of sp³-hybridized carbons (Fsp3) is 0.577. The number of esters is 1. The fourth-order valence-electron chi connectivity index (χ4n) is 3.22. The van der Waals surface area contributed by atoms with Crippen LogP contribution in [0.4, 0.5) is 18.0 Å². The summed E-state index contributed by atoms with van der Waals surface area (Å²) >= 11 is 2.00. The number of alkyl halides is 3. The number of hydrogen-bond acceptors (Lipinski definition) is 8. The van der Waals surface area contributed by atoms with Gasteiger partial charge in [-0.25, -0.2) is 9.59 Å². The van der Waals surface area contributed by atoms with Crippen LogP contribution >= 0.6 is 23.3 Å². The average Bonchev–Trinajstić information content (AvgIpc) is 3.26. The first kappa shape index (κ1) is 31.9. The summed E-state index contributed by atoms with van der Waals surface area (Å²) in [5.41, 5.74) is -4.44. The zero-order valence-corrected chi connectivity index (χ0v) is 24.0. The molecule has 1 amide bonds. The third-order valence-corrected chi connectivity index (χ3v) is 6.86. The number of nitrogens with zero attached hydrogens (tertiary/aromatic N) is 1. The van der Waals surface area contributed by atoms with E-state index in [1.165, 1.54) is 6.07 Å². The first-order chi connectivity index (χ1) is 17.4. The number of rotatable bonds is 10. The van der Waals surface area contributed by atoms with E-state index in [1.807, 2.05) is 0 Å². The molecule has 1 aromatic heterocycles. The Bertz CT molecular complexity index is 1070. The Morgan fingerprint density at radius 2 is 1.63 bits per heavy atom. The molecule has 0 bridgehead atoms. The van der Waals surface area contributed by atoms with Gasteiger partial charge in [-0.15, -0.1) is 0 Å². The summed E-state index contributed by atoms with van der Waals surface area (Å²) < 4.78 is 56.4. The van der Waals surface area contributed by atoms with Gasteiger partial charge in [-0.05, 0) is 89.1 Å². The quantitative estimate of drug-likeness (QED) is 0.253. The molecule has 0 radical (unpaired) electrons. The Kier molecular flexibility index (Phi) is 10.7. The lowest BCUT2D eigenvalue weighted by atomic mass is 9.95. The smallest absolute Gasteiger partial charge is 0.423 e. The first-order valence-corrected chi connectivity index (χ1v) is 14.0. The van der Waals surface area contributed by atoms with Crippen molar-refractivity contribution in [1.82, 2.24) is 9.69 Å². The van der Waals surface area contributed by atoms with Crippen LogP contribution in [-0.4, -0.2) is 56.5 Å². The van der Waals surface area contributed by atoms with E-state index in [0.29, 0.717) is 10.4 Å². The van der Waals surface area contributed by atoms with E-state index >= 15 is 0 Å². The number of benzene rings is 1. The molecule has 12 heteroatoms. The van der Waals surface area contributed by atoms with Crippen LogP contribution in [0.25, 0.3) is 10.4 Å². The van der Waals surface area contributed by atoms with Gasteiger partial charge >= 0.3 is 18.2 Å². The average molecular weight is 577 g/mol. The maximum Gasteiger partial charge on any atom is 0.423 e. The van der Waals surface area contributed by atoms with Gasteiger partial charge < -0.3 is 19.9 Å². The van der Waals surface area contributed by atoms with Gasteiger partial charge in [0.15, 0.2) is 0 Å². The van der Waals surface area contributed by atoms with Crippen LogP contribution in [0.5, 0.6) is 0 Å². The van der Waals surface area contributed by atoms with Crippen molar-refractivity contribution in [3.63, 3.8) is 0 Å². The van der Waals surface area contributed by atoms with Gasteiger partial charge in [-0.1, -0.05) is 30.3 Å². The molecule has 2 atom stereocenters. The molecule has 1 heterocycles. The normalized spacial score (nSPS) is 14.9. The predicted octanol–water partition coefficient (Wildman–Crippen LogP) is 6.31. The molecule has 0 fully saturated rings. The van der Waals surface area contributed by atoms with Gasteiger partial charge in [-0.2, -0.15) is 29.3 Å². The molecule has 7 nitrogen and oxygen atoms in total. The topological polar surface area (TPSA) is 97.8 Å². The lowest BCUT2D eigenvalue weighted by Gasteiger charge is -2.29. The van der Waals surface area contributed by atoms with Gasteiger partial charge in [0.25, 0.3) is 0 Å². The molecule has 0 aliphatic heterocycles. The summed E-state index contributed by atoms with van der Waals surface area (Å²) in [5, 5.41) is 13.2. The number of ether oxygens (including phenoxy) is 2. The zero-order valence-electron chi connectivity index (χ0n) is 22.3. The van der Waals surface area contributed by atoms with Crippen LogP contribution in [-0.2, 0) is 19.9 Å². The van der Waals surface area contributed by atoms with E-state index in [9.17, 15) is 27.9 Å². The Morgan fingerprint density at radius 1 is 1.03 bits per heavy atom. The summed E-state index contributed by atoms with van der Waals surface area (Å²) in [6, 6.07) is 9.06. The minimum Gasteiger partial charge on any atom is -0.458 e. The van der Waals surface area contributed by atoms with Crippen LogP contribution in [0.2, 0.25) is 0 Å². The van der Waals surface area contributed by atoms with Crippen molar-refractivity contribution in [2.45, 2.75) is 83.4 Å². The van der Waals surface area contributed by atoms with Crippen LogP contribution in [0.3, 0.4) is 0 Å². The maximum absolute atomic E-state index is 14.0. The molecular formula is C26H35F3N2O5S2. The second-order valence-electron chi connectivity index (χ2n) is 10.7. The number of hydrogen-bond donors (Lipinski definition) is 2. The number of amides is 1. The maximum atomic E-state index is 14.0. The van der Waals surface area contributed by atoms with E-state index in [1.54, 1.807) is 71.9 Å². The molecule has 0 saturated heterocycles. The first-order valence-electron chi connectivity index (χ1n) is 12.0. The Balaban J connectivity index is 2.03. The number of aliphatic hydroxyl groups is 1. The van der Waals surface area contributed by atoms with Crippen molar-refractivity contribution < 1.29 is 37.3 Å². The van der Waals surface area contributed by atoms with E-state index < -0.39 is 53.2 Å². The van der Waals surface area contributed by atoms with E-state index in [4.69, 9.17) is 9.47 Å². The van der Waals surface area contributed by atoms with Gasteiger partial charge in [0.2, 0.25) is 5.60 Å². The predicted molar refractivity (Wildman–Crippen MR) is 143 cm³/mol. The van der Waals surface area contributed by atoms with Crippen molar-refractivity contribution in [3.8, 4) is 10.4 Å². The zero-order chi connectivity index (χ0) is 28.8. The molecule has 0 spiro atoms. The van der Waals surface area contributed by atoms with Crippen LogP contribution in [0.1, 0.15) is 60.1 Å². The van der Waals surface area contributed by atoms with Crippen LogP contribution in [0.15, 0.2) is 36.4 Å². The molecule has 0 aliphatic rings. The second-order valence-corrected chi connectivity index (χ2v) is 12.7. The molecule has 38 heavy (non-hydrogen) atoms. The highest BCUT2D eigenvalue weighted by Crippen LogP contribution is 2.43. The molecule has 2 N–H and O–H groups in total. The number of carbonyl (C=O) groups is 2. The summed E-state index contributed by atoms with van der Waals surface area (Å²) in [6.45, 7) is 10.1. The highest BCUT2D eigenvalue weighted by Gasteiger charge is 2.56. The summed E-state index contributed by atoms with van der Waals surface area (Å²) in [5.74, 6) is -0.520. The molecule has 0 aliphatic carbocycles. The molecule has 1 unspecified atom stereocenters. The number of alkyl carbamates (subject to hydrolysis) is 1. The number of halogens is 3. The number of nitrogens with one attached hydrogen (secondary N) is 1. The monoisotopic (exact) mass is 576 g/mol. The standard InChI is InChI=1S/C26H35F3N2O5S2/c1-23(2,3)35-21(32)18(30-22(33)36-24(4,5)6)12-14-37-15-13-25(34,26(27,28)29)20-16-19(38-31-20)17-10-8-7-9-11-17/h7-11,16,18,34H,12-15H2,1-6H3,(H,30,33)/t18-,25?/m0/s1. The van der Waals surface area contributed by atoms with Crippen molar-refractivity contribution in [1.29, 1.82) is 0 Å². The SMILES string of the molecule is CC(C)(C)OC(=O)N[C@@H](CCSCCC(O)(c1cc(-c2ccccc2)sn1)C(F)(F)F)C(=O)OC(C)(C)C. The molecule has 1 aromatic carbocycles. The van der Waals surface area contributed by atoms with Crippen LogP contribution in [0, 0.1) is 0 Å². The number of carbonyl (C=O) groups excluding carboxylic acids is 2. The Labute approximate surface area is 229 Å². The molecule has 0 saturated carbocycles.